The summed E-state index contributed by atoms with van der Waals surface area (Å²) in [6.45, 7) is 0. The van der Waals surface area contributed by atoms with Crippen molar-refractivity contribution in [3.63, 3.8) is 0 Å². The zero-order chi connectivity index (χ0) is 13.8. The summed E-state index contributed by atoms with van der Waals surface area (Å²) < 4.78 is 0. The fraction of sp³-hybridized carbons (Fsp3) is 0.333. The van der Waals surface area contributed by atoms with Crippen LogP contribution < -0.4 is 9.80 Å². The Hall–Kier alpha value is -2.10. The summed E-state index contributed by atoms with van der Waals surface area (Å²) >= 11 is 0. The topological polar surface area (TPSA) is 32.3 Å². The van der Waals surface area contributed by atoms with Crippen LogP contribution in [0.2, 0.25) is 0 Å². The zero-order valence-electron chi connectivity index (χ0n) is 12.0. The van der Waals surface area contributed by atoms with Crippen molar-refractivity contribution >= 4 is 11.6 Å². The predicted octanol–water partition coefficient (Wildman–Crippen LogP) is 2.20. The van der Waals surface area contributed by atoms with E-state index in [0.717, 1.165) is 18.1 Å². The maximum atomic E-state index is 4.42. The molecule has 2 heterocycles. The van der Waals surface area contributed by atoms with Crippen molar-refractivity contribution in [2.75, 3.05) is 38.0 Å². The molecular formula is C15H20N4. The predicted molar refractivity (Wildman–Crippen MR) is 79.9 cm³/mol. The minimum Gasteiger partial charge on any atom is -0.363 e. The molecule has 0 atom stereocenters. The second-order valence-electron chi connectivity index (χ2n) is 5.01. The third kappa shape index (κ3) is 3.44. The van der Waals surface area contributed by atoms with Crippen LogP contribution in [0, 0.1) is 0 Å². The van der Waals surface area contributed by atoms with Gasteiger partial charge in [-0.1, -0.05) is 12.1 Å². The van der Waals surface area contributed by atoms with Gasteiger partial charge in [-0.2, -0.15) is 0 Å². The lowest BCUT2D eigenvalue weighted by atomic mass is 10.1. The number of pyridine rings is 2. The number of aromatic nitrogens is 2. The van der Waals surface area contributed by atoms with Crippen molar-refractivity contribution < 1.29 is 0 Å². The smallest absolute Gasteiger partial charge is 0.127 e. The van der Waals surface area contributed by atoms with Gasteiger partial charge in [0.25, 0.3) is 0 Å². The fourth-order valence-corrected chi connectivity index (χ4v) is 1.81. The van der Waals surface area contributed by atoms with Gasteiger partial charge in [-0.25, -0.2) is 9.97 Å². The van der Waals surface area contributed by atoms with Gasteiger partial charge in [0.2, 0.25) is 0 Å². The van der Waals surface area contributed by atoms with Crippen LogP contribution in [0.15, 0.2) is 36.7 Å². The average Bonchev–Trinajstić information content (AvgIpc) is 2.40. The van der Waals surface area contributed by atoms with Crippen LogP contribution in [0.1, 0.15) is 11.1 Å². The highest BCUT2D eigenvalue weighted by Gasteiger charge is 2.01. The molecule has 0 aliphatic rings. The van der Waals surface area contributed by atoms with Crippen LogP contribution in [0.4, 0.5) is 11.6 Å². The van der Waals surface area contributed by atoms with Crippen LogP contribution in [0.3, 0.4) is 0 Å². The van der Waals surface area contributed by atoms with E-state index < -0.39 is 0 Å². The van der Waals surface area contributed by atoms with E-state index >= 15 is 0 Å². The highest BCUT2D eigenvalue weighted by atomic mass is 15.1. The molecule has 0 amide bonds. The highest BCUT2D eigenvalue weighted by Crippen LogP contribution is 2.14. The van der Waals surface area contributed by atoms with Crippen molar-refractivity contribution in [1.29, 1.82) is 0 Å². The molecule has 0 saturated heterocycles. The SMILES string of the molecule is CN(C)c1ccc(Cc2ccc(N(C)C)nc2)cn1. The van der Waals surface area contributed by atoms with E-state index in [0.29, 0.717) is 0 Å². The number of nitrogens with zero attached hydrogens (tertiary/aromatic N) is 4. The van der Waals surface area contributed by atoms with Gasteiger partial charge < -0.3 is 9.80 Å². The third-order valence-electron chi connectivity index (χ3n) is 2.94. The van der Waals surface area contributed by atoms with E-state index in [4.69, 9.17) is 0 Å². The fourth-order valence-electron chi connectivity index (χ4n) is 1.81. The Morgan fingerprint density at radius 3 is 1.42 bits per heavy atom. The summed E-state index contributed by atoms with van der Waals surface area (Å²) in [5.74, 6) is 1.95. The first kappa shape index (κ1) is 13.3. The van der Waals surface area contributed by atoms with Crippen molar-refractivity contribution in [2.45, 2.75) is 6.42 Å². The van der Waals surface area contributed by atoms with Crippen molar-refractivity contribution in [2.24, 2.45) is 0 Å². The maximum Gasteiger partial charge on any atom is 0.127 e. The average molecular weight is 256 g/mol. The number of rotatable bonds is 4. The lowest BCUT2D eigenvalue weighted by Crippen LogP contribution is -2.10. The molecule has 0 aromatic carbocycles. The van der Waals surface area contributed by atoms with Crippen molar-refractivity contribution in [3.05, 3.63) is 47.8 Å². The Balaban J connectivity index is 2.08. The van der Waals surface area contributed by atoms with Crippen molar-refractivity contribution in [1.82, 2.24) is 9.97 Å². The van der Waals surface area contributed by atoms with Gasteiger partial charge in [-0.05, 0) is 23.3 Å². The summed E-state index contributed by atoms with van der Waals surface area (Å²) in [5, 5.41) is 0. The maximum absolute atomic E-state index is 4.42. The molecule has 19 heavy (non-hydrogen) atoms. The molecule has 0 aliphatic heterocycles. The quantitative estimate of drug-likeness (QED) is 0.839. The second-order valence-corrected chi connectivity index (χ2v) is 5.01. The van der Waals surface area contributed by atoms with Crippen molar-refractivity contribution in [3.8, 4) is 0 Å². The first-order valence-electron chi connectivity index (χ1n) is 6.31. The van der Waals surface area contributed by atoms with E-state index in [2.05, 4.69) is 22.1 Å². The van der Waals surface area contributed by atoms with Gasteiger partial charge >= 0.3 is 0 Å². The van der Waals surface area contributed by atoms with E-state index in [9.17, 15) is 0 Å². The monoisotopic (exact) mass is 256 g/mol. The van der Waals surface area contributed by atoms with Crippen LogP contribution in [0.25, 0.3) is 0 Å². The molecule has 0 fully saturated rings. The van der Waals surface area contributed by atoms with Crippen LogP contribution in [-0.2, 0) is 6.42 Å². The van der Waals surface area contributed by atoms with Crippen LogP contribution in [0.5, 0.6) is 0 Å². The largest absolute Gasteiger partial charge is 0.363 e. The first-order valence-corrected chi connectivity index (χ1v) is 6.31. The van der Waals surface area contributed by atoms with Gasteiger partial charge in [0.1, 0.15) is 11.6 Å². The molecule has 4 nitrogen and oxygen atoms in total. The molecule has 100 valence electrons. The van der Waals surface area contributed by atoms with Gasteiger partial charge in [-0.3, -0.25) is 0 Å². The lowest BCUT2D eigenvalue weighted by Gasteiger charge is -2.12. The summed E-state index contributed by atoms with van der Waals surface area (Å²) in [4.78, 5) is 12.8. The molecule has 0 N–H and O–H groups in total. The van der Waals surface area contributed by atoms with Gasteiger partial charge in [0.05, 0.1) is 0 Å². The van der Waals surface area contributed by atoms with Crippen LogP contribution in [-0.4, -0.2) is 38.2 Å². The third-order valence-corrected chi connectivity index (χ3v) is 2.94. The second kappa shape index (κ2) is 5.69. The molecule has 0 aliphatic carbocycles. The zero-order valence-corrected chi connectivity index (χ0v) is 12.0. The standard InChI is InChI=1S/C15H20N4/c1-18(2)14-7-5-12(10-16-14)9-13-6-8-15(17-11-13)19(3)4/h5-8,10-11H,9H2,1-4H3. The molecule has 0 radical (unpaired) electrons. The van der Waals surface area contributed by atoms with E-state index in [-0.39, 0.29) is 0 Å². The molecule has 4 heteroatoms. The minimum absolute atomic E-state index is 0.863. The molecular weight excluding hydrogens is 236 g/mol. The van der Waals surface area contributed by atoms with E-state index in [1.807, 2.05) is 62.5 Å². The normalized spacial score (nSPS) is 10.3. The number of anilines is 2. The molecule has 0 spiro atoms. The molecule has 2 aromatic heterocycles. The minimum atomic E-state index is 0.863. The van der Waals surface area contributed by atoms with Gasteiger partial charge in [-0.15, -0.1) is 0 Å². The van der Waals surface area contributed by atoms with Gasteiger partial charge in [0, 0.05) is 47.0 Å². The summed E-state index contributed by atoms with van der Waals surface area (Å²) in [7, 11) is 7.97. The van der Waals surface area contributed by atoms with E-state index in [1.54, 1.807) is 0 Å². The summed E-state index contributed by atoms with van der Waals surface area (Å²) in [5.41, 5.74) is 2.40. The Bertz CT molecular complexity index is 465. The Kier molecular flexibility index (Phi) is 4.00. The molecule has 0 unspecified atom stereocenters. The molecule has 0 bridgehead atoms. The molecule has 2 rings (SSSR count). The molecule has 2 aromatic rings. The Morgan fingerprint density at radius 2 is 1.16 bits per heavy atom. The Morgan fingerprint density at radius 1 is 0.737 bits per heavy atom. The van der Waals surface area contributed by atoms with Gasteiger partial charge in [0.15, 0.2) is 0 Å². The number of hydrogen-bond donors (Lipinski definition) is 0. The van der Waals surface area contributed by atoms with Crippen LogP contribution >= 0.6 is 0 Å². The molecule has 0 saturated carbocycles. The lowest BCUT2D eigenvalue weighted by molar-refractivity contribution is 1.03. The first-order chi connectivity index (χ1) is 9.06. The Labute approximate surface area is 114 Å². The number of hydrogen-bond acceptors (Lipinski definition) is 4. The van der Waals surface area contributed by atoms with E-state index in [1.165, 1.54) is 11.1 Å². The summed E-state index contributed by atoms with van der Waals surface area (Å²) in [6.07, 6.45) is 4.71. The highest BCUT2D eigenvalue weighted by molar-refractivity contribution is 5.40. The summed E-state index contributed by atoms with van der Waals surface area (Å²) in [6, 6.07) is 8.30.